The second kappa shape index (κ2) is 9.30. The molecule has 0 aliphatic carbocycles. The first-order chi connectivity index (χ1) is 12.5. The Morgan fingerprint density at radius 1 is 1.15 bits per heavy atom. The fourth-order valence-electron chi connectivity index (χ4n) is 2.43. The molecular formula is C18H20F3N3O2. The number of carbonyl (C=O) groups is 1. The summed E-state index contributed by atoms with van der Waals surface area (Å²) in [5, 5.41) is 14.9. The van der Waals surface area contributed by atoms with Crippen LogP contribution in [0.2, 0.25) is 0 Å². The Labute approximate surface area is 149 Å². The van der Waals surface area contributed by atoms with Crippen LogP contribution in [0.5, 0.6) is 0 Å². The Hall–Kier alpha value is -2.45. The molecule has 2 atom stereocenters. The molecule has 0 saturated carbocycles. The predicted octanol–water partition coefficient (Wildman–Crippen LogP) is 2.22. The Balaban J connectivity index is 2.10. The topological polar surface area (TPSA) is 74.2 Å². The van der Waals surface area contributed by atoms with Crippen molar-refractivity contribution in [2.75, 3.05) is 13.7 Å². The molecule has 3 N–H and O–H groups in total. The standard InChI is InChI=1S/C18H20F3N3O2/c1-22-10-14-7-6-13(9-23-14)11-2-4-12(5-3-11)16(25)15(8-19)24-18(26)17(20)21/h2-7,9,15-17,22,25H,8,10H2,1H3,(H,24,26). The lowest BCUT2D eigenvalue weighted by Crippen LogP contribution is -2.43. The van der Waals surface area contributed by atoms with Crippen LogP contribution in [0, 0.1) is 0 Å². The van der Waals surface area contributed by atoms with Crippen molar-refractivity contribution in [1.29, 1.82) is 0 Å². The number of nitrogens with one attached hydrogen (secondary N) is 2. The van der Waals surface area contributed by atoms with E-state index in [1.807, 2.05) is 19.2 Å². The van der Waals surface area contributed by atoms with Crippen LogP contribution in [0.4, 0.5) is 13.2 Å². The second-order valence-electron chi connectivity index (χ2n) is 5.71. The minimum absolute atomic E-state index is 0.311. The van der Waals surface area contributed by atoms with E-state index >= 15 is 0 Å². The number of carbonyl (C=O) groups excluding carboxylic acids is 1. The number of aliphatic hydroxyl groups is 1. The van der Waals surface area contributed by atoms with Gasteiger partial charge >= 0.3 is 6.43 Å². The van der Waals surface area contributed by atoms with Crippen molar-refractivity contribution < 1.29 is 23.1 Å². The number of pyridine rings is 1. The van der Waals surface area contributed by atoms with E-state index in [1.54, 1.807) is 35.8 Å². The highest BCUT2D eigenvalue weighted by atomic mass is 19.3. The van der Waals surface area contributed by atoms with Crippen molar-refractivity contribution in [3.05, 3.63) is 53.9 Å². The van der Waals surface area contributed by atoms with Gasteiger partial charge in [-0.2, -0.15) is 8.78 Å². The van der Waals surface area contributed by atoms with Gasteiger partial charge in [-0.1, -0.05) is 30.3 Å². The minimum atomic E-state index is -3.27. The molecule has 8 heteroatoms. The zero-order valence-corrected chi connectivity index (χ0v) is 14.1. The molecule has 5 nitrogen and oxygen atoms in total. The fraction of sp³-hybridized carbons (Fsp3) is 0.333. The predicted molar refractivity (Wildman–Crippen MR) is 91.3 cm³/mol. The molecule has 1 aromatic heterocycles. The molecule has 0 bridgehead atoms. The molecule has 0 spiro atoms. The average molecular weight is 367 g/mol. The lowest BCUT2D eigenvalue weighted by atomic mass is 9.99. The number of aromatic nitrogens is 1. The lowest BCUT2D eigenvalue weighted by molar-refractivity contribution is -0.133. The van der Waals surface area contributed by atoms with Crippen molar-refractivity contribution in [1.82, 2.24) is 15.6 Å². The molecule has 2 aromatic rings. The van der Waals surface area contributed by atoms with Crippen molar-refractivity contribution in [2.24, 2.45) is 0 Å². The van der Waals surface area contributed by atoms with Gasteiger partial charge in [0.25, 0.3) is 5.91 Å². The molecule has 2 unspecified atom stereocenters. The van der Waals surface area contributed by atoms with Crippen LogP contribution in [0.3, 0.4) is 0 Å². The van der Waals surface area contributed by atoms with Crippen LogP contribution in [-0.4, -0.2) is 42.2 Å². The van der Waals surface area contributed by atoms with Gasteiger partial charge in [-0.05, 0) is 24.2 Å². The highest BCUT2D eigenvalue weighted by Crippen LogP contribution is 2.23. The number of amides is 1. The third kappa shape index (κ3) is 5.03. The van der Waals surface area contributed by atoms with E-state index in [4.69, 9.17) is 0 Å². The molecule has 1 aromatic carbocycles. The summed E-state index contributed by atoms with van der Waals surface area (Å²) in [7, 11) is 1.83. The first-order valence-electron chi connectivity index (χ1n) is 7.98. The molecule has 0 aliphatic heterocycles. The summed E-state index contributed by atoms with van der Waals surface area (Å²) in [6, 6.07) is 8.86. The number of benzene rings is 1. The Morgan fingerprint density at radius 3 is 2.31 bits per heavy atom. The van der Waals surface area contributed by atoms with Gasteiger partial charge in [0, 0.05) is 18.3 Å². The van der Waals surface area contributed by atoms with Gasteiger partial charge in [-0.25, -0.2) is 4.39 Å². The van der Waals surface area contributed by atoms with Crippen LogP contribution >= 0.6 is 0 Å². The van der Waals surface area contributed by atoms with Crippen molar-refractivity contribution in [2.45, 2.75) is 25.1 Å². The average Bonchev–Trinajstić information content (AvgIpc) is 2.66. The Bertz CT molecular complexity index is 709. The summed E-state index contributed by atoms with van der Waals surface area (Å²) in [6.07, 6.45) is -2.99. The third-order valence-corrected chi connectivity index (χ3v) is 3.84. The van der Waals surface area contributed by atoms with Gasteiger partial charge in [-0.3, -0.25) is 9.78 Å². The van der Waals surface area contributed by atoms with E-state index in [2.05, 4.69) is 10.3 Å². The van der Waals surface area contributed by atoms with Gasteiger partial charge in [0.1, 0.15) is 12.8 Å². The normalized spacial score (nSPS) is 13.5. The molecule has 0 saturated heterocycles. The van der Waals surface area contributed by atoms with Gasteiger partial charge < -0.3 is 15.7 Å². The van der Waals surface area contributed by atoms with E-state index < -0.39 is 31.2 Å². The van der Waals surface area contributed by atoms with Gasteiger partial charge in [0.15, 0.2) is 0 Å². The number of hydrogen-bond acceptors (Lipinski definition) is 4. The summed E-state index contributed by atoms with van der Waals surface area (Å²) in [4.78, 5) is 15.3. The molecule has 140 valence electrons. The fourth-order valence-corrected chi connectivity index (χ4v) is 2.43. The quantitative estimate of drug-likeness (QED) is 0.669. The van der Waals surface area contributed by atoms with Crippen molar-refractivity contribution >= 4 is 5.91 Å². The number of halogens is 3. The summed E-state index contributed by atoms with van der Waals surface area (Å²) in [5.41, 5.74) is 2.89. The third-order valence-electron chi connectivity index (χ3n) is 3.84. The van der Waals surface area contributed by atoms with Gasteiger partial charge in [-0.15, -0.1) is 0 Å². The van der Waals surface area contributed by atoms with E-state index in [-0.39, 0.29) is 0 Å². The Morgan fingerprint density at radius 2 is 1.81 bits per heavy atom. The SMILES string of the molecule is CNCc1ccc(-c2ccc(C(O)C(CF)NC(=O)C(F)F)cc2)cn1. The van der Waals surface area contributed by atoms with E-state index in [0.29, 0.717) is 12.1 Å². The molecule has 2 rings (SSSR count). The smallest absolute Gasteiger partial charge is 0.315 e. The molecular weight excluding hydrogens is 347 g/mol. The van der Waals surface area contributed by atoms with Crippen LogP contribution in [0.1, 0.15) is 17.4 Å². The molecule has 0 fully saturated rings. The van der Waals surface area contributed by atoms with Crippen molar-refractivity contribution in [3.8, 4) is 11.1 Å². The summed E-state index contributed by atoms with van der Waals surface area (Å²) >= 11 is 0. The summed E-state index contributed by atoms with van der Waals surface area (Å²) < 4.78 is 37.6. The van der Waals surface area contributed by atoms with E-state index in [9.17, 15) is 23.1 Å². The van der Waals surface area contributed by atoms with Crippen LogP contribution in [0.25, 0.3) is 11.1 Å². The van der Waals surface area contributed by atoms with Gasteiger partial charge in [0.2, 0.25) is 0 Å². The molecule has 0 aliphatic rings. The number of rotatable bonds is 8. The first kappa shape index (κ1) is 19.9. The van der Waals surface area contributed by atoms with Crippen LogP contribution in [-0.2, 0) is 11.3 Å². The molecule has 1 heterocycles. The first-order valence-corrected chi connectivity index (χ1v) is 7.98. The van der Waals surface area contributed by atoms with Gasteiger partial charge in [0.05, 0.1) is 11.7 Å². The molecule has 0 radical (unpaired) electrons. The summed E-state index contributed by atoms with van der Waals surface area (Å²) in [5.74, 6) is -1.61. The molecule has 26 heavy (non-hydrogen) atoms. The van der Waals surface area contributed by atoms with Crippen LogP contribution < -0.4 is 10.6 Å². The molecule has 1 amide bonds. The lowest BCUT2D eigenvalue weighted by Gasteiger charge is -2.22. The van der Waals surface area contributed by atoms with E-state index in [0.717, 1.165) is 16.8 Å². The van der Waals surface area contributed by atoms with E-state index in [1.165, 1.54) is 0 Å². The maximum Gasteiger partial charge on any atom is 0.315 e. The maximum atomic E-state index is 13.0. The highest BCUT2D eigenvalue weighted by molar-refractivity contribution is 5.79. The van der Waals surface area contributed by atoms with Crippen LogP contribution in [0.15, 0.2) is 42.6 Å². The zero-order valence-electron chi connectivity index (χ0n) is 14.1. The largest absolute Gasteiger partial charge is 0.386 e. The monoisotopic (exact) mass is 367 g/mol. The minimum Gasteiger partial charge on any atom is -0.386 e. The highest BCUT2D eigenvalue weighted by Gasteiger charge is 2.26. The number of aliphatic hydroxyl groups excluding tert-OH is 1. The summed E-state index contributed by atoms with van der Waals surface area (Å²) in [6.45, 7) is -0.515. The number of alkyl halides is 3. The van der Waals surface area contributed by atoms with Crippen molar-refractivity contribution in [3.63, 3.8) is 0 Å². The maximum absolute atomic E-state index is 13.0. The zero-order chi connectivity index (χ0) is 19.1. The number of hydrogen-bond donors (Lipinski definition) is 3. The second-order valence-corrected chi connectivity index (χ2v) is 5.71. The Kier molecular flexibility index (Phi) is 7.11. The number of nitrogens with zero attached hydrogens (tertiary/aromatic N) is 1.